The van der Waals surface area contributed by atoms with E-state index in [-0.39, 0.29) is 42.8 Å². The average Bonchev–Trinajstić information content (AvgIpc) is 2.73. The summed E-state index contributed by atoms with van der Waals surface area (Å²) in [6.07, 6.45) is 3.58. The van der Waals surface area contributed by atoms with Gasteiger partial charge in [-0.25, -0.2) is 8.78 Å². The van der Waals surface area contributed by atoms with Crippen LogP contribution in [0.5, 0.6) is 0 Å². The second-order valence-electron chi connectivity index (χ2n) is 5.91. The molecule has 0 spiro atoms. The molecular formula is C16H21ClF2N2O. The zero-order valence-corrected chi connectivity index (χ0v) is 13.2. The Hall–Kier alpha value is -1.20. The van der Waals surface area contributed by atoms with Crippen LogP contribution < -0.4 is 5.32 Å². The molecule has 0 aliphatic carbocycles. The van der Waals surface area contributed by atoms with Gasteiger partial charge in [0.25, 0.3) is 0 Å². The molecule has 6 heteroatoms. The molecule has 3 nitrogen and oxygen atoms in total. The van der Waals surface area contributed by atoms with E-state index in [1.807, 2.05) is 4.90 Å². The lowest BCUT2D eigenvalue weighted by Crippen LogP contribution is -2.42. The van der Waals surface area contributed by atoms with Crippen molar-refractivity contribution in [1.82, 2.24) is 10.2 Å². The molecule has 0 aromatic heterocycles. The Morgan fingerprint density at radius 3 is 2.82 bits per heavy atom. The van der Waals surface area contributed by atoms with Crippen molar-refractivity contribution in [2.45, 2.75) is 44.2 Å². The number of carbonyl (C=O) groups is 1. The molecule has 2 aliphatic heterocycles. The summed E-state index contributed by atoms with van der Waals surface area (Å²) in [7, 11) is 0. The smallest absolute Gasteiger partial charge is 0.223 e. The molecule has 2 bridgehead atoms. The first kappa shape index (κ1) is 17.2. The fraction of sp³-hybridized carbons (Fsp3) is 0.562. The minimum absolute atomic E-state index is 0. The molecule has 122 valence electrons. The molecule has 2 aliphatic rings. The lowest BCUT2D eigenvalue weighted by atomic mass is 10.1. The standard InChI is InChI=1S/C16H20F2N2O.ClH/c17-12-2-5-15(18)11(9-12)1-6-16(21)20-13-3-4-14(20)10-19-8-7-13;/h2,5,9,13-14,19H,1,3-4,6-8,10H2;1H. The third kappa shape index (κ3) is 3.58. The Balaban J connectivity index is 0.00000176. The van der Waals surface area contributed by atoms with Crippen LogP contribution in [-0.4, -0.2) is 36.0 Å². The first-order valence-corrected chi connectivity index (χ1v) is 7.61. The van der Waals surface area contributed by atoms with Gasteiger partial charge in [-0.3, -0.25) is 4.79 Å². The second kappa shape index (κ2) is 7.38. The van der Waals surface area contributed by atoms with Gasteiger partial charge in [-0.1, -0.05) is 0 Å². The van der Waals surface area contributed by atoms with Gasteiger partial charge in [-0.15, -0.1) is 12.4 Å². The van der Waals surface area contributed by atoms with Crippen molar-refractivity contribution in [3.63, 3.8) is 0 Å². The van der Waals surface area contributed by atoms with E-state index in [9.17, 15) is 13.6 Å². The Morgan fingerprint density at radius 2 is 2.00 bits per heavy atom. The van der Waals surface area contributed by atoms with Crippen LogP contribution in [0.15, 0.2) is 18.2 Å². The van der Waals surface area contributed by atoms with Gasteiger partial charge < -0.3 is 10.2 Å². The number of amides is 1. The predicted molar refractivity (Wildman–Crippen MR) is 83.1 cm³/mol. The maximum Gasteiger partial charge on any atom is 0.223 e. The number of halogens is 3. The number of carbonyl (C=O) groups excluding carboxylic acids is 1. The van der Waals surface area contributed by atoms with E-state index in [1.165, 1.54) is 6.07 Å². The van der Waals surface area contributed by atoms with Crippen LogP contribution in [0.25, 0.3) is 0 Å². The van der Waals surface area contributed by atoms with Crippen molar-refractivity contribution >= 4 is 18.3 Å². The molecule has 2 heterocycles. The van der Waals surface area contributed by atoms with E-state index >= 15 is 0 Å². The Bertz CT molecular complexity index is 527. The summed E-state index contributed by atoms with van der Waals surface area (Å²) in [5, 5.41) is 3.35. The van der Waals surface area contributed by atoms with Gasteiger partial charge in [0.2, 0.25) is 5.91 Å². The number of nitrogens with zero attached hydrogens (tertiary/aromatic N) is 1. The quantitative estimate of drug-likeness (QED) is 0.924. The van der Waals surface area contributed by atoms with E-state index in [0.29, 0.717) is 6.04 Å². The summed E-state index contributed by atoms with van der Waals surface area (Å²) in [4.78, 5) is 14.4. The first-order chi connectivity index (χ1) is 10.1. The highest BCUT2D eigenvalue weighted by Crippen LogP contribution is 2.28. The molecule has 1 amide bonds. The zero-order valence-electron chi connectivity index (χ0n) is 12.4. The van der Waals surface area contributed by atoms with E-state index in [4.69, 9.17) is 0 Å². The molecule has 1 N–H and O–H groups in total. The molecule has 1 aromatic rings. The van der Waals surface area contributed by atoms with Crippen LogP contribution in [0.3, 0.4) is 0 Å². The number of nitrogens with one attached hydrogen (secondary N) is 1. The lowest BCUT2D eigenvalue weighted by molar-refractivity contribution is -0.133. The molecule has 2 saturated heterocycles. The Morgan fingerprint density at radius 1 is 1.23 bits per heavy atom. The van der Waals surface area contributed by atoms with Crippen molar-refractivity contribution in [3.05, 3.63) is 35.4 Å². The monoisotopic (exact) mass is 330 g/mol. The van der Waals surface area contributed by atoms with E-state index in [2.05, 4.69) is 5.32 Å². The van der Waals surface area contributed by atoms with E-state index < -0.39 is 11.6 Å². The highest BCUT2D eigenvalue weighted by atomic mass is 35.5. The van der Waals surface area contributed by atoms with Crippen molar-refractivity contribution < 1.29 is 13.6 Å². The first-order valence-electron chi connectivity index (χ1n) is 7.61. The highest BCUT2D eigenvalue weighted by molar-refractivity contribution is 5.85. The van der Waals surface area contributed by atoms with Crippen molar-refractivity contribution in [1.29, 1.82) is 0 Å². The molecule has 22 heavy (non-hydrogen) atoms. The SMILES string of the molecule is Cl.O=C(CCc1cc(F)ccc1F)N1C2CCNCC1CC2. The number of rotatable bonds is 3. The molecular weight excluding hydrogens is 310 g/mol. The summed E-state index contributed by atoms with van der Waals surface area (Å²) in [6, 6.07) is 3.98. The zero-order chi connectivity index (χ0) is 14.8. The minimum Gasteiger partial charge on any atom is -0.335 e. The predicted octanol–water partition coefficient (Wildman–Crippen LogP) is 2.67. The fourth-order valence-corrected chi connectivity index (χ4v) is 3.50. The maximum absolute atomic E-state index is 13.6. The van der Waals surface area contributed by atoms with Crippen LogP contribution >= 0.6 is 12.4 Å². The summed E-state index contributed by atoms with van der Waals surface area (Å²) in [5.41, 5.74) is 0.281. The number of benzene rings is 1. The lowest BCUT2D eigenvalue weighted by Gasteiger charge is -2.28. The number of aryl methyl sites for hydroxylation is 1. The van der Waals surface area contributed by atoms with Crippen LogP contribution in [0, 0.1) is 11.6 Å². The summed E-state index contributed by atoms with van der Waals surface area (Å²) < 4.78 is 26.7. The summed E-state index contributed by atoms with van der Waals surface area (Å²) in [6.45, 7) is 1.79. The number of fused-ring (bicyclic) bond motifs is 2. The summed E-state index contributed by atoms with van der Waals surface area (Å²) in [5.74, 6) is -0.836. The number of hydrogen-bond donors (Lipinski definition) is 1. The fourth-order valence-electron chi connectivity index (χ4n) is 3.50. The number of hydrogen-bond acceptors (Lipinski definition) is 2. The van der Waals surface area contributed by atoms with Crippen LogP contribution in [0.2, 0.25) is 0 Å². The highest BCUT2D eigenvalue weighted by Gasteiger charge is 2.37. The van der Waals surface area contributed by atoms with Crippen molar-refractivity contribution in [3.8, 4) is 0 Å². The van der Waals surface area contributed by atoms with Gasteiger partial charge >= 0.3 is 0 Å². The third-order valence-electron chi connectivity index (χ3n) is 4.56. The maximum atomic E-state index is 13.6. The molecule has 0 saturated carbocycles. The van der Waals surface area contributed by atoms with E-state index in [0.717, 1.165) is 44.5 Å². The Labute approximate surface area is 135 Å². The van der Waals surface area contributed by atoms with Crippen molar-refractivity contribution in [2.75, 3.05) is 13.1 Å². The van der Waals surface area contributed by atoms with Gasteiger partial charge in [0, 0.05) is 25.0 Å². The summed E-state index contributed by atoms with van der Waals surface area (Å²) >= 11 is 0. The molecule has 3 rings (SSSR count). The average molecular weight is 331 g/mol. The normalized spacial score (nSPS) is 23.8. The molecule has 1 aromatic carbocycles. The second-order valence-corrected chi connectivity index (χ2v) is 5.91. The largest absolute Gasteiger partial charge is 0.335 e. The van der Waals surface area contributed by atoms with E-state index in [1.54, 1.807) is 0 Å². The topological polar surface area (TPSA) is 32.3 Å². The molecule has 2 atom stereocenters. The van der Waals surface area contributed by atoms with Crippen LogP contribution in [0.1, 0.15) is 31.2 Å². The third-order valence-corrected chi connectivity index (χ3v) is 4.56. The van der Waals surface area contributed by atoms with Gasteiger partial charge in [-0.2, -0.15) is 0 Å². The van der Waals surface area contributed by atoms with Crippen molar-refractivity contribution in [2.24, 2.45) is 0 Å². The Kier molecular flexibility index (Phi) is 5.75. The van der Waals surface area contributed by atoms with Crippen LogP contribution in [-0.2, 0) is 11.2 Å². The molecule has 2 fully saturated rings. The van der Waals surface area contributed by atoms with Crippen LogP contribution in [0.4, 0.5) is 8.78 Å². The molecule has 0 radical (unpaired) electrons. The van der Waals surface area contributed by atoms with Gasteiger partial charge in [0.15, 0.2) is 0 Å². The van der Waals surface area contributed by atoms with Gasteiger partial charge in [0.05, 0.1) is 0 Å². The minimum atomic E-state index is -0.460. The van der Waals surface area contributed by atoms with Gasteiger partial charge in [0.1, 0.15) is 11.6 Å². The van der Waals surface area contributed by atoms with Gasteiger partial charge in [-0.05, 0) is 56.0 Å². The molecule has 2 unspecified atom stereocenters.